The Bertz CT molecular complexity index is 528. The Labute approximate surface area is 105 Å². The summed E-state index contributed by atoms with van der Waals surface area (Å²) < 4.78 is 10.6. The highest BCUT2D eigenvalue weighted by atomic mass is 35.5. The van der Waals surface area contributed by atoms with Gasteiger partial charge in [-0.05, 0) is 13.0 Å². The van der Waals surface area contributed by atoms with Gasteiger partial charge in [0.1, 0.15) is 17.5 Å². The maximum atomic E-state index is 6.05. The second-order valence-corrected chi connectivity index (χ2v) is 4.16. The molecular formula is C13H14ClNO2. The van der Waals surface area contributed by atoms with Crippen molar-refractivity contribution in [1.29, 1.82) is 0 Å². The minimum Gasteiger partial charge on any atom is -0.489 e. The van der Waals surface area contributed by atoms with E-state index in [0.29, 0.717) is 18.4 Å². The van der Waals surface area contributed by atoms with Gasteiger partial charge in [0.15, 0.2) is 0 Å². The first-order valence-corrected chi connectivity index (χ1v) is 5.77. The maximum Gasteiger partial charge on any atom is 0.145 e. The SMILES string of the molecule is COCCOc1cnc(Cl)c2ccc(C)cc12. The average molecular weight is 252 g/mol. The Kier molecular flexibility index (Phi) is 3.82. The summed E-state index contributed by atoms with van der Waals surface area (Å²) in [5, 5.41) is 2.40. The minimum atomic E-state index is 0.499. The van der Waals surface area contributed by atoms with Crippen LogP contribution in [0.15, 0.2) is 24.4 Å². The summed E-state index contributed by atoms with van der Waals surface area (Å²) in [6.07, 6.45) is 1.65. The molecule has 0 aliphatic rings. The summed E-state index contributed by atoms with van der Waals surface area (Å²) in [6.45, 7) is 3.09. The first-order valence-electron chi connectivity index (χ1n) is 5.39. The number of halogens is 1. The number of hydrogen-bond acceptors (Lipinski definition) is 3. The Balaban J connectivity index is 2.41. The molecule has 90 valence electrons. The summed E-state index contributed by atoms with van der Waals surface area (Å²) >= 11 is 6.05. The number of methoxy groups -OCH3 is 1. The van der Waals surface area contributed by atoms with Crippen LogP contribution in [0.4, 0.5) is 0 Å². The molecule has 0 bridgehead atoms. The molecule has 1 aromatic carbocycles. The topological polar surface area (TPSA) is 31.4 Å². The van der Waals surface area contributed by atoms with Crippen LogP contribution in [0.5, 0.6) is 5.75 Å². The van der Waals surface area contributed by atoms with Crippen molar-refractivity contribution >= 4 is 22.4 Å². The van der Waals surface area contributed by atoms with Gasteiger partial charge in [0.05, 0.1) is 12.8 Å². The predicted molar refractivity (Wildman–Crippen MR) is 68.9 cm³/mol. The van der Waals surface area contributed by atoms with E-state index < -0.39 is 0 Å². The molecule has 0 saturated heterocycles. The third-order valence-electron chi connectivity index (χ3n) is 2.50. The number of aryl methyl sites for hydroxylation is 1. The molecule has 0 radical (unpaired) electrons. The quantitative estimate of drug-likeness (QED) is 0.618. The van der Waals surface area contributed by atoms with Crippen LogP contribution in [0.1, 0.15) is 5.56 Å². The van der Waals surface area contributed by atoms with E-state index in [1.165, 1.54) is 0 Å². The Morgan fingerprint density at radius 1 is 1.24 bits per heavy atom. The first kappa shape index (κ1) is 12.1. The third kappa shape index (κ3) is 2.68. The lowest BCUT2D eigenvalue weighted by atomic mass is 10.1. The Morgan fingerprint density at radius 2 is 2.06 bits per heavy atom. The molecule has 0 unspecified atom stereocenters. The second kappa shape index (κ2) is 5.34. The van der Waals surface area contributed by atoms with Crippen molar-refractivity contribution in [2.75, 3.05) is 20.3 Å². The monoisotopic (exact) mass is 251 g/mol. The van der Waals surface area contributed by atoms with Crippen molar-refractivity contribution in [1.82, 2.24) is 4.98 Å². The molecule has 0 spiro atoms. The minimum absolute atomic E-state index is 0.499. The molecule has 1 aromatic heterocycles. The summed E-state index contributed by atoms with van der Waals surface area (Å²) in [5.74, 6) is 0.741. The Hall–Kier alpha value is -1.32. The third-order valence-corrected chi connectivity index (χ3v) is 2.80. The van der Waals surface area contributed by atoms with Gasteiger partial charge in [0, 0.05) is 17.9 Å². The molecule has 2 rings (SSSR count). The van der Waals surface area contributed by atoms with Crippen LogP contribution >= 0.6 is 11.6 Å². The van der Waals surface area contributed by atoms with E-state index in [-0.39, 0.29) is 0 Å². The van der Waals surface area contributed by atoms with Gasteiger partial charge in [-0.1, -0.05) is 29.3 Å². The number of aromatic nitrogens is 1. The number of nitrogens with zero attached hydrogens (tertiary/aromatic N) is 1. The van der Waals surface area contributed by atoms with E-state index in [0.717, 1.165) is 22.1 Å². The van der Waals surface area contributed by atoms with Crippen LogP contribution in [0, 0.1) is 6.92 Å². The molecule has 0 fully saturated rings. The molecule has 0 atom stereocenters. The fourth-order valence-electron chi connectivity index (χ4n) is 1.65. The lowest BCUT2D eigenvalue weighted by Gasteiger charge is -2.09. The number of fused-ring (bicyclic) bond motifs is 1. The van der Waals surface area contributed by atoms with Gasteiger partial charge in [-0.15, -0.1) is 0 Å². The summed E-state index contributed by atoms with van der Waals surface area (Å²) in [4.78, 5) is 4.12. The van der Waals surface area contributed by atoms with E-state index in [1.54, 1.807) is 13.3 Å². The smallest absolute Gasteiger partial charge is 0.145 e. The molecule has 0 N–H and O–H groups in total. The van der Waals surface area contributed by atoms with Crippen molar-refractivity contribution < 1.29 is 9.47 Å². The first-order chi connectivity index (χ1) is 8.22. The maximum absolute atomic E-state index is 6.05. The van der Waals surface area contributed by atoms with Crippen molar-refractivity contribution in [3.05, 3.63) is 35.1 Å². The van der Waals surface area contributed by atoms with Crippen molar-refractivity contribution in [3.8, 4) is 5.75 Å². The number of hydrogen-bond donors (Lipinski definition) is 0. The molecule has 0 saturated carbocycles. The van der Waals surface area contributed by atoms with Gasteiger partial charge in [-0.25, -0.2) is 4.98 Å². The summed E-state index contributed by atoms with van der Waals surface area (Å²) in [7, 11) is 1.64. The highest BCUT2D eigenvalue weighted by Gasteiger charge is 2.07. The Morgan fingerprint density at radius 3 is 2.82 bits per heavy atom. The largest absolute Gasteiger partial charge is 0.489 e. The van der Waals surface area contributed by atoms with E-state index in [2.05, 4.69) is 4.98 Å². The zero-order valence-electron chi connectivity index (χ0n) is 9.87. The van der Waals surface area contributed by atoms with Crippen LogP contribution in [-0.2, 0) is 4.74 Å². The van der Waals surface area contributed by atoms with Crippen molar-refractivity contribution in [2.24, 2.45) is 0 Å². The van der Waals surface area contributed by atoms with Crippen LogP contribution in [0.25, 0.3) is 10.8 Å². The molecule has 3 nitrogen and oxygen atoms in total. The zero-order valence-corrected chi connectivity index (χ0v) is 10.6. The fraction of sp³-hybridized carbons (Fsp3) is 0.308. The summed E-state index contributed by atoms with van der Waals surface area (Å²) in [5.41, 5.74) is 1.16. The number of ether oxygens (including phenoxy) is 2. The molecule has 0 aliphatic heterocycles. The van der Waals surface area contributed by atoms with E-state index in [9.17, 15) is 0 Å². The normalized spacial score (nSPS) is 10.8. The number of benzene rings is 1. The highest BCUT2D eigenvalue weighted by molar-refractivity contribution is 6.34. The van der Waals surface area contributed by atoms with Gasteiger partial charge in [-0.2, -0.15) is 0 Å². The standard InChI is InChI=1S/C13H14ClNO2/c1-9-3-4-10-11(7-9)12(8-15-13(10)14)17-6-5-16-2/h3-4,7-8H,5-6H2,1-2H3. The zero-order chi connectivity index (χ0) is 12.3. The van der Waals surface area contributed by atoms with E-state index in [1.807, 2.05) is 25.1 Å². The molecule has 0 amide bonds. The van der Waals surface area contributed by atoms with Crippen LogP contribution in [0.3, 0.4) is 0 Å². The average Bonchev–Trinajstić information content (AvgIpc) is 2.32. The van der Waals surface area contributed by atoms with Gasteiger partial charge >= 0.3 is 0 Å². The summed E-state index contributed by atoms with van der Waals surface area (Å²) in [6, 6.07) is 6.02. The lowest BCUT2D eigenvalue weighted by molar-refractivity contribution is 0.147. The highest BCUT2D eigenvalue weighted by Crippen LogP contribution is 2.30. The van der Waals surface area contributed by atoms with E-state index in [4.69, 9.17) is 21.1 Å². The van der Waals surface area contributed by atoms with E-state index >= 15 is 0 Å². The van der Waals surface area contributed by atoms with Gasteiger partial charge in [-0.3, -0.25) is 0 Å². The van der Waals surface area contributed by atoms with Crippen LogP contribution in [0.2, 0.25) is 5.15 Å². The van der Waals surface area contributed by atoms with Gasteiger partial charge in [0.25, 0.3) is 0 Å². The lowest BCUT2D eigenvalue weighted by Crippen LogP contribution is -2.05. The van der Waals surface area contributed by atoms with Gasteiger partial charge < -0.3 is 9.47 Å². The molecule has 0 aliphatic carbocycles. The fourth-order valence-corrected chi connectivity index (χ4v) is 1.86. The second-order valence-electron chi connectivity index (χ2n) is 3.80. The number of rotatable bonds is 4. The van der Waals surface area contributed by atoms with Crippen molar-refractivity contribution in [3.63, 3.8) is 0 Å². The molecule has 1 heterocycles. The van der Waals surface area contributed by atoms with Crippen molar-refractivity contribution in [2.45, 2.75) is 6.92 Å². The van der Waals surface area contributed by atoms with Crippen LogP contribution in [-0.4, -0.2) is 25.3 Å². The predicted octanol–water partition coefficient (Wildman–Crippen LogP) is 3.22. The van der Waals surface area contributed by atoms with Gasteiger partial charge in [0.2, 0.25) is 0 Å². The number of pyridine rings is 1. The molecular weight excluding hydrogens is 238 g/mol. The van der Waals surface area contributed by atoms with Crippen LogP contribution < -0.4 is 4.74 Å². The molecule has 17 heavy (non-hydrogen) atoms. The molecule has 2 aromatic rings. The molecule has 4 heteroatoms.